The van der Waals surface area contributed by atoms with Crippen molar-refractivity contribution in [3.8, 4) is 11.8 Å². The lowest BCUT2D eigenvalue weighted by Crippen LogP contribution is -2.10. The third-order valence-electron chi connectivity index (χ3n) is 4.37. The minimum Gasteiger partial charge on any atom is -0.494 e. The number of nitrogens with one attached hydrogen (secondary N) is 1. The molecular formula is C20H26N2O3. The van der Waals surface area contributed by atoms with Crippen molar-refractivity contribution < 1.29 is 14.3 Å². The van der Waals surface area contributed by atoms with Gasteiger partial charge in [0.2, 0.25) is 0 Å². The Kier molecular flexibility index (Phi) is 7.84. The molecule has 0 heterocycles. The van der Waals surface area contributed by atoms with E-state index in [-0.39, 0.29) is 12.2 Å². The third kappa shape index (κ3) is 6.50. The Balaban J connectivity index is 1.78. The maximum atomic E-state index is 11.5. The van der Waals surface area contributed by atoms with Gasteiger partial charge in [-0.05, 0) is 43.5 Å². The molecule has 1 aromatic rings. The SMILES string of the molecule is CCOC(=O)/C(C#N)=C\Nc1ccc(OCCC2CCCCC2)cc1. The number of nitrogens with zero attached hydrogens (tertiary/aromatic N) is 1. The second-order valence-electron chi connectivity index (χ2n) is 6.20. The van der Waals surface area contributed by atoms with Crippen LogP contribution in [0.4, 0.5) is 5.69 Å². The Bertz CT molecular complexity index is 611. The minimum absolute atomic E-state index is 0.0605. The summed E-state index contributed by atoms with van der Waals surface area (Å²) in [6.45, 7) is 2.69. The molecule has 0 atom stereocenters. The summed E-state index contributed by atoms with van der Waals surface area (Å²) in [5.74, 6) is 1.02. The zero-order chi connectivity index (χ0) is 17.9. The van der Waals surface area contributed by atoms with Gasteiger partial charge in [-0.2, -0.15) is 5.26 Å². The monoisotopic (exact) mass is 342 g/mol. The van der Waals surface area contributed by atoms with Gasteiger partial charge in [-0.1, -0.05) is 32.1 Å². The van der Waals surface area contributed by atoms with Crippen molar-refractivity contribution in [3.63, 3.8) is 0 Å². The highest BCUT2D eigenvalue weighted by molar-refractivity contribution is 5.93. The third-order valence-corrected chi connectivity index (χ3v) is 4.37. The molecule has 1 saturated carbocycles. The van der Waals surface area contributed by atoms with Gasteiger partial charge in [0.1, 0.15) is 11.8 Å². The molecule has 0 spiro atoms. The lowest BCUT2D eigenvalue weighted by Gasteiger charge is -2.21. The maximum absolute atomic E-state index is 11.5. The van der Waals surface area contributed by atoms with Crippen LogP contribution in [0.3, 0.4) is 0 Å². The Morgan fingerprint density at radius 3 is 2.64 bits per heavy atom. The molecule has 0 radical (unpaired) electrons. The Morgan fingerprint density at radius 2 is 2.00 bits per heavy atom. The summed E-state index contributed by atoms with van der Waals surface area (Å²) in [5.41, 5.74) is 0.714. The first kappa shape index (κ1) is 18.9. The van der Waals surface area contributed by atoms with Gasteiger partial charge in [0.25, 0.3) is 0 Å². The van der Waals surface area contributed by atoms with Crippen LogP contribution in [0.1, 0.15) is 45.4 Å². The van der Waals surface area contributed by atoms with Crippen LogP contribution in [-0.2, 0) is 9.53 Å². The van der Waals surface area contributed by atoms with Gasteiger partial charge in [-0.15, -0.1) is 0 Å². The molecule has 0 amide bonds. The fourth-order valence-corrected chi connectivity index (χ4v) is 2.97. The number of anilines is 1. The van der Waals surface area contributed by atoms with Crippen molar-refractivity contribution in [1.29, 1.82) is 5.26 Å². The lowest BCUT2D eigenvalue weighted by molar-refractivity contribution is -0.138. The van der Waals surface area contributed by atoms with Gasteiger partial charge >= 0.3 is 5.97 Å². The normalized spacial score (nSPS) is 15.3. The number of nitriles is 1. The van der Waals surface area contributed by atoms with Crippen LogP contribution in [-0.4, -0.2) is 19.2 Å². The molecule has 0 aromatic heterocycles. The van der Waals surface area contributed by atoms with Crippen LogP contribution in [0.2, 0.25) is 0 Å². The average Bonchev–Trinajstić information content (AvgIpc) is 2.64. The second-order valence-corrected chi connectivity index (χ2v) is 6.20. The van der Waals surface area contributed by atoms with Crippen LogP contribution < -0.4 is 10.1 Å². The summed E-state index contributed by atoms with van der Waals surface area (Å²) in [5, 5.41) is 11.9. The zero-order valence-corrected chi connectivity index (χ0v) is 14.8. The Hall–Kier alpha value is -2.48. The molecule has 5 heteroatoms. The number of esters is 1. The highest BCUT2D eigenvalue weighted by Crippen LogP contribution is 2.26. The molecule has 1 aliphatic carbocycles. The van der Waals surface area contributed by atoms with Crippen molar-refractivity contribution in [2.45, 2.75) is 45.4 Å². The zero-order valence-electron chi connectivity index (χ0n) is 14.8. The molecule has 0 unspecified atom stereocenters. The molecule has 1 fully saturated rings. The number of hydrogen-bond donors (Lipinski definition) is 1. The molecule has 5 nitrogen and oxygen atoms in total. The molecule has 2 rings (SSSR count). The molecular weight excluding hydrogens is 316 g/mol. The lowest BCUT2D eigenvalue weighted by atomic mass is 9.87. The molecule has 134 valence electrons. The van der Waals surface area contributed by atoms with E-state index in [1.807, 2.05) is 30.3 Å². The number of hydrogen-bond acceptors (Lipinski definition) is 5. The predicted molar refractivity (Wildman–Crippen MR) is 97.1 cm³/mol. The smallest absolute Gasteiger partial charge is 0.350 e. The second kappa shape index (κ2) is 10.4. The van der Waals surface area contributed by atoms with E-state index in [2.05, 4.69) is 5.32 Å². The van der Waals surface area contributed by atoms with Crippen molar-refractivity contribution in [1.82, 2.24) is 0 Å². The highest BCUT2D eigenvalue weighted by atomic mass is 16.5. The number of benzene rings is 1. The molecule has 0 aliphatic heterocycles. The van der Waals surface area contributed by atoms with Crippen LogP contribution in [0.25, 0.3) is 0 Å². The minimum atomic E-state index is -0.625. The number of carbonyl (C=O) groups excluding carboxylic acids is 1. The summed E-state index contributed by atoms with van der Waals surface area (Å²) in [6.07, 6.45) is 9.24. The van der Waals surface area contributed by atoms with E-state index in [9.17, 15) is 4.79 Å². The fraction of sp³-hybridized carbons (Fsp3) is 0.500. The number of carbonyl (C=O) groups is 1. The summed E-state index contributed by atoms with van der Waals surface area (Å²) >= 11 is 0. The van der Waals surface area contributed by atoms with E-state index in [0.29, 0.717) is 0 Å². The van der Waals surface area contributed by atoms with Crippen molar-refractivity contribution in [3.05, 3.63) is 36.0 Å². The van der Waals surface area contributed by atoms with E-state index in [1.165, 1.54) is 38.3 Å². The number of ether oxygens (including phenoxy) is 2. The topological polar surface area (TPSA) is 71.4 Å². The van der Waals surface area contributed by atoms with Crippen LogP contribution in [0, 0.1) is 17.2 Å². The quantitative estimate of drug-likeness (QED) is 0.430. The van der Waals surface area contributed by atoms with Gasteiger partial charge in [-0.25, -0.2) is 4.79 Å². The molecule has 25 heavy (non-hydrogen) atoms. The Labute approximate surface area is 149 Å². The van der Waals surface area contributed by atoms with Crippen molar-refractivity contribution >= 4 is 11.7 Å². The molecule has 0 saturated heterocycles. The van der Waals surface area contributed by atoms with E-state index in [0.717, 1.165) is 30.4 Å². The average molecular weight is 342 g/mol. The fourth-order valence-electron chi connectivity index (χ4n) is 2.97. The standard InChI is InChI=1S/C20H26N2O3/c1-2-24-20(23)17(14-21)15-22-18-8-10-19(11-9-18)25-13-12-16-6-4-3-5-7-16/h8-11,15-16,22H,2-7,12-13H2,1H3/b17-15-. The van der Waals surface area contributed by atoms with E-state index >= 15 is 0 Å². The first-order chi connectivity index (χ1) is 12.2. The van der Waals surface area contributed by atoms with E-state index in [1.54, 1.807) is 6.92 Å². The van der Waals surface area contributed by atoms with Crippen LogP contribution in [0.5, 0.6) is 5.75 Å². The number of rotatable bonds is 8. The summed E-state index contributed by atoms with van der Waals surface area (Å²) < 4.78 is 10.6. The van der Waals surface area contributed by atoms with Crippen molar-refractivity contribution in [2.24, 2.45) is 5.92 Å². The van der Waals surface area contributed by atoms with Gasteiger partial charge < -0.3 is 14.8 Å². The predicted octanol–water partition coefficient (Wildman–Crippen LogP) is 4.42. The van der Waals surface area contributed by atoms with Crippen molar-refractivity contribution in [2.75, 3.05) is 18.5 Å². The molecule has 1 aliphatic rings. The van der Waals surface area contributed by atoms with Crippen LogP contribution >= 0.6 is 0 Å². The Morgan fingerprint density at radius 1 is 1.28 bits per heavy atom. The van der Waals surface area contributed by atoms with Crippen LogP contribution in [0.15, 0.2) is 36.0 Å². The van der Waals surface area contributed by atoms with Gasteiger partial charge in [0.05, 0.1) is 13.2 Å². The first-order valence-electron chi connectivity index (χ1n) is 8.99. The van der Waals surface area contributed by atoms with E-state index < -0.39 is 5.97 Å². The van der Waals surface area contributed by atoms with Gasteiger partial charge in [0.15, 0.2) is 5.57 Å². The maximum Gasteiger partial charge on any atom is 0.350 e. The summed E-state index contributed by atoms with van der Waals surface area (Å²) in [4.78, 5) is 11.5. The largest absolute Gasteiger partial charge is 0.494 e. The summed E-state index contributed by atoms with van der Waals surface area (Å²) in [7, 11) is 0. The molecule has 0 bridgehead atoms. The van der Waals surface area contributed by atoms with E-state index in [4.69, 9.17) is 14.7 Å². The molecule has 1 N–H and O–H groups in total. The van der Waals surface area contributed by atoms with Gasteiger partial charge in [-0.3, -0.25) is 0 Å². The highest BCUT2D eigenvalue weighted by Gasteiger charge is 2.13. The summed E-state index contributed by atoms with van der Waals surface area (Å²) in [6, 6.07) is 9.30. The first-order valence-corrected chi connectivity index (χ1v) is 8.99. The van der Waals surface area contributed by atoms with Gasteiger partial charge in [0, 0.05) is 11.9 Å². The molecule has 1 aromatic carbocycles.